The number of aromatic nitrogens is 1. The Morgan fingerprint density at radius 1 is 1.25 bits per heavy atom. The van der Waals surface area contributed by atoms with E-state index in [0.717, 1.165) is 30.7 Å². The lowest BCUT2D eigenvalue weighted by molar-refractivity contribution is 0.0199. The van der Waals surface area contributed by atoms with Crippen molar-refractivity contribution in [2.24, 2.45) is 0 Å². The Bertz CT molecular complexity index is 409. The van der Waals surface area contributed by atoms with Crippen molar-refractivity contribution in [1.82, 2.24) is 15.2 Å². The number of halogens is 2. The second kappa shape index (κ2) is 7.21. The molecule has 0 aromatic carbocycles. The van der Waals surface area contributed by atoms with Crippen molar-refractivity contribution in [2.75, 3.05) is 19.6 Å². The Morgan fingerprint density at radius 2 is 2.05 bits per heavy atom. The molecular weight excluding hydrogens is 338 g/mol. The van der Waals surface area contributed by atoms with Crippen LogP contribution in [0.25, 0.3) is 0 Å². The molecule has 0 amide bonds. The van der Waals surface area contributed by atoms with E-state index in [1.54, 1.807) is 0 Å². The lowest BCUT2D eigenvalue weighted by Gasteiger charge is -2.49. The Kier molecular flexibility index (Phi) is 5.84. The van der Waals surface area contributed by atoms with Crippen LogP contribution in [0.3, 0.4) is 0 Å². The maximum absolute atomic E-state index is 4.54. The summed E-state index contributed by atoms with van der Waals surface area (Å²) >= 11 is 3.45. The molecule has 0 radical (unpaired) electrons. The van der Waals surface area contributed by atoms with Gasteiger partial charge in [-0.25, -0.2) is 0 Å². The van der Waals surface area contributed by atoms with Crippen LogP contribution < -0.4 is 5.32 Å². The average Bonchev–Trinajstić information content (AvgIpc) is 2.45. The minimum atomic E-state index is 0. The molecule has 0 unspecified atom stereocenters. The van der Waals surface area contributed by atoms with Gasteiger partial charge in [-0.15, -0.1) is 12.4 Å². The molecule has 2 heterocycles. The Labute approximate surface area is 136 Å². The van der Waals surface area contributed by atoms with Gasteiger partial charge in [0, 0.05) is 42.4 Å². The van der Waals surface area contributed by atoms with Gasteiger partial charge in [-0.1, -0.05) is 19.3 Å². The van der Waals surface area contributed by atoms with E-state index in [9.17, 15) is 0 Å². The van der Waals surface area contributed by atoms with Crippen LogP contribution in [0.5, 0.6) is 0 Å². The second-order valence-electron chi connectivity index (χ2n) is 5.85. The highest BCUT2D eigenvalue weighted by molar-refractivity contribution is 9.10. The molecular formula is C15H23BrClN3. The summed E-state index contributed by atoms with van der Waals surface area (Å²) in [5.74, 6) is 0. The predicted octanol–water partition coefficient (Wildman–Crippen LogP) is 3.37. The maximum atomic E-state index is 4.54. The monoisotopic (exact) mass is 359 g/mol. The summed E-state index contributed by atoms with van der Waals surface area (Å²) in [7, 11) is 0. The highest BCUT2D eigenvalue weighted by atomic mass is 79.9. The molecule has 1 aromatic rings. The second-order valence-corrected chi connectivity index (χ2v) is 6.77. The van der Waals surface area contributed by atoms with Crippen LogP contribution in [0.1, 0.15) is 37.8 Å². The Hall–Kier alpha value is -0.160. The standard InChI is InChI=1S/C15H22BrN3.ClH/c16-13-4-5-14(18-10-13)11-19-9-8-17-12-15(19)6-2-1-3-7-15;/h4-5,10,17H,1-3,6-9,11-12H2;1H. The minimum absolute atomic E-state index is 0. The highest BCUT2D eigenvalue weighted by Crippen LogP contribution is 2.35. The van der Waals surface area contributed by atoms with Gasteiger partial charge in [0.1, 0.15) is 0 Å². The first kappa shape index (κ1) is 16.2. The smallest absolute Gasteiger partial charge is 0.0545 e. The van der Waals surface area contributed by atoms with E-state index in [1.165, 1.54) is 37.8 Å². The summed E-state index contributed by atoms with van der Waals surface area (Å²) in [6.07, 6.45) is 8.77. The van der Waals surface area contributed by atoms with Gasteiger partial charge in [0.15, 0.2) is 0 Å². The summed E-state index contributed by atoms with van der Waals surface area (Å²) in [5.41, 5.74) is 1.58. The van der Waals surface area contributed by atoms with Gasteiger partial charge in [-0.2, -0.15) is 0 Å². The molecule has 3 nitrogen and oxygen atoms in total. The number of hydrogen-bond acceptors (Lipinski definition) is 3. The van der Waals surface area contributed by atoms with Crippen LogP contribution in [-0.2, 0) is 6.54 Å². The lowest BCUT2D eigenvalue weighted by atomic mass is 9.79. The number of piperazine rings is 1. The molecule has 1 aromatic heterocycles. The quantitative estimate of drug-likeness (QED) is 0.876. The van der Waals surface area contributed by atoms with Gasteiger partial charge in [-0.05, 0) is 40.9 Å². The van der Waals surface area contributed by atoms with E-state index in [1.807, 2.05) is 6.20 Å². The summed E-state index contributed by atoms with van der Waals surface area (Å²) < 4.78 is 1.06. The number of nitrogens with one attached hydrogen (secondary N) is 1. The van der Waals surface area contributed by atoms with E-state index in [4.69, 9.17) is 0 Å². The van der Waals surface area contributed by atoms with Crippen LogP contribution in [0.15, 0.2) is 22.8 Å². The molecule has 2 fully saturated rings. The summed E-state index contributed by atoms with van der Waals surface area (Å²) in [6, 6.07) is 4.24. The number of nitrogens with zero attached hydrogens (tertiary/aromatic N) is 2. The van der Waals surface area contributed by atoms with Gasteiger partial charge in [0.05, 0.1) is 5.69 Å². The predicted molar refractivity (Wildman–Crippen MR) is 88.3 cm³/mol. The van der Waals surface area contributed by atoms with Crippen molar-refractivity contribution in [3.63, 3.8) is 0 Å². The van der Waals surface area contributed by atoms with Crippen LogP contribution in [0, 0.1) is 0 Å². The van der Waals surface area contributed by atoms with Crippen LogP contribution in [0.2, 0.25) is 0 Å². The fourth-order valence-corrected chi connectivity index (χ4v) is 3.76. The zero-order valence-electron chi connectivity index (χ0n) is 11.8. The van der Waals surface area contributed by atoms with Gasteiger partial charge in [0.25, 0.3) is 0 Å². The number of pyridine rings is 1. The Balaban J connectivity index is 0.00000147. The van der Waals surface area contributed by atoms with E-state index in [2.05, 4.69) is 43.3 Å². The molecule has 1 spiro atoms. The minimum Gasteiger partial charge on any atom is -0.314 e. The molecule has 1 N–H and O–H groups in total. The first-order valence-corrected chi connectivity index (χ1v) is 8.14. The van der Waals surface area contributed by atoms with Crippen molar-refractivity contribution in [3.05, 3.63) is 28.5 Å². The Morgan fingerprint density at radius 3 is 2.75 bits per heavy atom. The SMILES string of the molecule is Brc1ccc(CN2CCNCC23CCCCC3)nc1.Cl. The van der Waals surface area contributed by atoms with Crippen molar-refractivity contribution >= 4 is 28.3 Å². The molecule has 2 aliphatic rings. The van der Waals surface area contributed by atoms with Crippen molar-refractivity contribution < 1.29 is 0 Å². The topological polar surface area (TPSA) is 28.2 Å². The molecule has 5 heteroatoms. The largest absolute Gasteiger partial charge is 0.314 e. The van der Waals surface area contributed by atoms with E-state index < -0.39 is 0 Å². The van der Waals surface area contributed by atoms with Crippen LogP contribution >= 0.6 is 28.3 Å². The van der Waals surface area contributed by atoms with Gasteiger partial charge >= 0.3 is 0 Å². The lowest BCUT2D eigenvalue weighted by Crippen LogP contribution is -2.61. The van der Waals surface area contributed by atoms with Crippen molar-refractivity contribution in [2.45, 2.75) is 44.2 Å². The fraction of sp³-hybridized carbons (Fsp3) is 0.667. The summed E-state index contributed by atoms with van der Waals surface area (Å²) in [5, 5.41) is 3.60. The third kappa shape index (κ3) is 3.53. The maximum Gasteiger partial charge on any atom is 0.0545 e. The van der Waals surface area contributed by atoms with E-state index in [0.29, 0.717) is 5.54 Å². The van der Waals surface area contributed by atoms with Gasteiger partial charge in [0.2, 0.25) is 0 Å². The fourth-order valence-electron chi connectivity index (χ4n) is 3.53. The number of hydrogen-bond donors (Lipinski definition) is 1. The highest BCUT2D eigenvalue weighted by Gasteiger charge is 2.39. The molecule has 0 bridgehead atoms. The zero-order valence-corrected chi connectivity index (χ0v) is 14.2. The zero-order chi connectivity index (χ0) is 13.1. The van der Waals surface area contributed by atoms with E-state index >= 15 is 0 Å². The normalized spacial score (nSPS) is 22.4. The third-order valence-electron chi connectivity index (χ3n) is 4.61. The van der Waals surface area contributed by atoms with Gasteiger partial charge < -0.3 is 5.32 Å². The molecule has 1 saturated heterocycles. The first-order valence-electron chi connectivity index (χ1n) is 7.35. The number of rotatable bonds is 2. The van der Waals surface area contributed by atoms with Gasteiger partial charge in [-0.3, -0.25) is 9.88 Å². The van der Waals surface area contributed by atoms with Crippen molar-refractivity contribution in [1.29, 1.82) is 0 Å². The molecule has 3 rings (SSSR count). The van der Waals surface area contributed by atoms with Crippen LogP contribution in [0.4, 0.5) is 0 Å². The third-order valence-corrected chi connectivity index (χ3v) is 5.08. The molecule has 1 saturated carbocycles. The molecule has 20 heavy (non-hydrogen) atoms. The van der Waals surface area contributed by atoms with Crippen LogP contribution in [-0.4, -0.2) is 35.1 Å². The molecule has 112 valence electrons. The summed E-state index contributed by atoms with van der Waals surface area (Å²) in [4.78, 5) is 7.22. The van der Waals surface area contributed by atoms with Crippen molar-refractivity contribution in [3.8, 4) is 0 Å². The summed E-state index contributed by atoms with van der Waals surface area (Å²) in [6.45, 7) is 4.41. The van der Waals surface area contributed by atoms with E-state index in [-0.39, 0.29) is 12.4 Å². The average molecular weight is 361 g/mol. The molecule has 0 atom stereocenters. The molecule has 1 aliphatic heterocycles. The molecule has 1 aliphatic carbocycles. The first-order chi connectivity index (χ1) is 9.28.